The second kappa shape index (κ2) is 5.88. The van der Waals surface area contributed by atoms with E-state index >= 15 is 0 Å². The summed E-state index contributed by atoms with van der Waals surface area (Å²) >= 11 is 0. The minimum atomic E-state index is -3.04. The molecule has 1 heterocycles. The van der Waals surface area contributed by atoms with E-state index in [0.717, 1.165) is 25.7 Å². The van der Waals surface area contributed by atoms with E-state index in [1.807, 2.05) is 0 Å². The van der Waals surface area contributed by atoms with Gasteiger partial charge in [-0.2, -0.15) is 0 Å². The van der Waals surface area contributed by atoms with Crippen LogP contribution in [0.3, 0.4) is 0 Å². The molecule has 2 N–H and O–H groups in total. The second-order valence-corrected chi connectivity index (χ2v) is 8.30. The van der Waals surface area contributed by atoms with Crippen LogP contribution >= 0.6 is 0 Å². The van der Waals surface area contributed by atoms with Crippen molar-refractivity contribution in [3.05, 3.63) is 0 Å². The van der Waals surface area contributed by atoms with Crippen molar-refractivity contribution >= 4 is 10.0 Å². The van der Waals surface area contributed by atoms with Crippen LogP contribution in [0.15, 0.2) is 0 Å². The van der Waals surface area contributed by atoms with Gasteiger partial charge in [0.25, 0.3) is 0 Å². The molecule has 0 saturated carbocycles. The minimum absolute atomic E-state index is 0.132. The maximum atomic E-state index is 11.6. The molecule has 1 aliphatic heterocycles. The summed E-state index contributed by atoms with van der Waals surface area (Å²) in [5.74, 6) is 0.411. The summed E-state index contributed by atoms with van der Waals surface area (Å²) in [7, 11) is -3.04. The average molecular weight is 276 g/mol. The first-order valence-electron chi connectivity index (χ1n) is 6.87. The van der Waals surface area contributed by atoms with Crippen molar-refractivity contribution in [2.75, 3.05) is 19.3 Å². The number of piperidine rings is 1. The number of nitrogens with zero attached hydrogens (tertiary/aromatic N) is 1. The van der Waals surface area contributed by atoms with Crippen LogP contribution in [0.5, 0.6) is 0 Å². The molecule has 4 nitrogen and oxygen atoms in total. The summed E-state index contributed by atoms with van der Waals surface area (Å²) in [5, 5.41) is 0. The summed E-state index contributed by atoms with van der Waals surface area (Å²) in [6, 6.07) is 0.145. The molecule has 1 aliphatic rings. The maximum absolute atomic E-state index is 11.6. The zero-order valence-electron chi connectivity index (χ0n) is 12.1. The van der Waals surface area contributed by atoms with Crippen LogP contribution in [0.1, 0.15) is 46.5 Å². The normalized spacial score (nSPS) is 25.1. The molecule has 2 unspecified atom stereocenters. The Balaban J connectivity index is 2.58. The van der Waals surface area contributed by atoms with Crippen LogP contribution in [-0.2, 0) is 10.0 Å². The lowest BCUT2D eigenvalue weighted by atomic mass is 9.77. The Morgan fingerprint density at radius 2 is 2.06 bits per heavy atom. The third-order valence-corrected chi connectivity index (χ3v) is 5.72. The van der Waals surface area contributed by atoms with E-state index in [1.165, 1.54) is 6.26 Å². The van der Waals surface area contributed by atoms with Gasteiger partial charge in [0, 0.05) is 19.1 Å². The first-order valence-corrected chi connectivity index (χ1v) is 8.72. The summed E-state index contributed by atoms with van der Waals surface area (Å²) in [6.45, 7) is 7.85. The summed E-state index contributed by atoms with van der Waals surface area (Å²) < 4.78 is 24.7. The van der Waals surface area contributed by atoms with E-state index in [-0.39, 0.29) is 11.5 Å². The molecule has 1 fully saturated rings. The highest BCUT2D eigenvalue weighted by molar-refractivity contribution is 7.88. The topological polar surface area (TPSA) is 63.4 Å². The molecule has 0 aromatic heterocycles. The lowest BCUT2D eigenvalue weighted by Crippen LogP contribution is -2.44. The third-order valence-electron chi connectivity index (χ3n) is 4.45. The number of hydrogen-bond acceptors (Lipinski definition) is 3. The smallest absolute Gasteiger partial charge is 0.211 e. The first kappa shape index (κ1) is 15.9. The maximum Gasteiger partial charge on any atom is 0.211 e. The molecule has 0 bridgehead atoms. The van der Waals surface area contributed by atoms with Gasteiger partial charge >= 0.3 is 0 Å². The lowest BCUT2D eigenvalue weighted by molar-refractivity contribution is 0.191. The predicted octanol–water partition coefficient (Wildman–Crippen LogP) is 1.81. The van der Waals surface area contributed by atoms with E-state index in [1.54, 1.807) is 4.31 Å². The fraction of sp³-hybridized carbons (Fsp3) is 1.00. The monoisotopic (exact) mass is 276 g/mol. The molecule has 0 aromatic carbocycles. The zero-order valence-corrected chi connectivity index (χ0v) is 13.0. The Morgan fingerprint density at radius 3 is 2.56 bits per heavy atom. The fourth-order valence-electron chi connectivity index (χ4n) is 2.46. The van der Waals surface area contributed by atoms with E-state index in [0.29, 0.717) is 19.0 Å². The van der Waals surface area contributed by atoms with Crippen LogP contribution < -0.4 is 5.73 Å². The van der Waals surface area contributed by atoms with Crippen molar-refractivity contribution < 1.29 is 8.42 Å². The van der Waals surface area contributed by atoms with Gasteiger partial charge in [0.05, 0.1) is 6.26 Å². The van der Waals surface area contributed by atoms with Crippen LogP contribution in [0.4, 0.5) is 0 Å². The zero-order chi connectivity index (χ0) is 14.0. The van der Waals surface area contributed by atoms with E-state index in [4.69, 9.17) is 5.73 Å². The fourth-order valence-corrected chi connectivity index (χ4v) is 3.40. The van der Waals surface area contributed by atoms with Gasteiger partial charge in [0.1, 0.15) is 0 Å². The van der Waals surface area contributed by atoms with Gasteiger partial charge in [-0.15, -0.1) is 0 Å². The largest absolute Gasteiger partial charge is 0.327 e. The predicted molar refractivity (Wildman–Crippen MR) is 75.8 cm³/mol. The Hall–Kier alpha value is -0.130. The molecule has 18 heavy (non-hydrogen) atoms. The van der Waals surface area contributed by atoms with Crippen LogP contribution in [0.2, 0.25) is 0 Å². The Morgan fingerprint density at radius 1 is 1.44 bits per heavy atom. The molecule has 5 heteroatoms. The van der Waals surface area contributed by atoms with Crippen molar-refractivity contribution in [2.45, 2.75) is 52.5 Å². The molecule has 1 rings (SSSR count). The molecule has 0 radical (unpaired) electrons. The number of sulfonamides is 1. The molecular formula is C13H28N2O2S. The Kier molecular flexibility index (Phi) is 5.21. The average Bonchev–Trinajstić information content (AvgIpc) is 2.28. The summed E-state index contributed by atoms with van der Waals surface area (Å²) in [5.41, 5.74) is 6.41. The second-order valence-electron chi connectivity index (χ2n) is 6.31. The van der Waals surface area contributed by atoms with Gasteiger partial charge in [-0.1, -0.05) is 20.8 Å². The molecule has 1 saturated heterocycles. The quantitative estimate of drug-likeness (QED) is 0.833. The highest BCUT2D eigenvalue weighted by Gasteiger charge is 2.31. The lowest BCUT2D eigenvalue weighted by Gasteiger charge is -2.36. The molecule has 0 aliphatic carbocycles. The minimum Gasteiger partial charge on any atom is -0.327 e. The summed E-state index contributed by atoms with van der Waals surface area (Å²) in [4.78, 5) is 0. The molecule has 108 valence electrons. The number of hydrogen-bond donors (Lipinski definition) is 1. The molecular weight excluding hydrogens is 248 g/mol. The van der Waals surface area contributed by atoms with E-state index in [2.05, 4.69) is 20.8 Å². The Labute approximate surface area is 112 Å². The molecule has 0 spiro atoms. The van der Waals surface area contributed by atoms with Crippen molar-refractivity contribution in [3.63, 3.8) is 0 Å². The number of rotatable bonds is 5. The van der Waals surface area contributed by atoms with E-state index < -0.39 is 10.0 Å². The third kappa shape index (κ3) is 4.21. The van der Waals surface area contributed by atoms with Crippen LogP contribution in [-0.4, -0.2) is 38.1 Å². The number of nitrogens with two attached hydrogens (primary N) is 1. The van der Waals surface area contributed by atoms with Crippen LogP contribution in [0.25, 0.3) is 0 Å². The van der Waals surface area contributed by atoms with Crippen molar-refractivity contribution in [1.82, 2.24) is 4.31 Å². The van der Waals surface area contributed by atoms with Gasteiger partial charge in [0.15, 0.2) is 0 Å². The first-order chi connectivity index (χ1) is 8.16. The molecule has 2 atom stereocenters. The van der Waals surface area contributed by atoms with E-state index in [9.17, 15) is 8.42 Å². The van der Waals surface area contributed by atoms with Gasteiger partial charge < -0.3 is 5.73 Å². The highest BCUT2D eigenvalue weighted by atomic mass is 32.2. The van der Waals surface area contributed by atoms with Gasteiger partial charge in [0.2, 0.25) is 10.0 Å². The standard InChI is InChI=1S/C13H28N2O2S/c1-5-13(2,3)12(14)9-11-7-6-8-15(10-11)18(4,16)17/h11-12H,5-10,14H2,1-4H3. The Bertz CT molecular complexity index is 365. The van der Waals surface area contributed by atoms with Crippen molar-refractivity contribution in [2.24, 2.45) is 17.1 Å². The van der Waals surface area contributed by atoms with Crippen molar-refractivity contribution in [3.8, 4) is 0 Å². The van der Waals surface area contributed by atoms with Gasteiger partial charge in [-0.05, 0) is 37.0 Å². The molecule has 0 aromatic rings. The van der Waals surface area contributed by atoms with Crippen LogP contribution in [0, 0.1) is 11.3 Å². The molecule has 0 amide bonds. The van der Waals surface area contributed by atoms with Gasteiger partial charge in [-0.3, -0.25) is 0 Å². The SMILES string of the molecule is CCC(C)(C)C(N)CC1CCCN(S(C)(=O)=O)C1. The van der Waals surface area contributed by atoms with Gasteiger partial charge in [-0.25, -0.2) is 12.7 Å². The summed E-state index contributed by atoms with van der Waals surface area (Å²) in [6.07, 6.45) is 5.32. The van der Waals surface area contributed by atoms with Crippen molar-refractivity contribution in [1.29, 1.82) is 0 Å². The highest BCUT2D eigenvalue weighted by Crippen LogP contribution is 2.30.